The summed E-state index contributed by atoms with van der Waals surface area (Å²) < 4.78 is 11.5. The fourth-order valence-corrected chi connectivity index (χ4v) is 2.25. The van der Waals surface area contributed by atoms with Crippen molar-refractivity contribution in [2.24, 2.45) is 0 Å². The van der Waals surface area contributed by atoms with E-state index in [2.05, 4.69) is 33.9 Å². The molecule has 0 aromatic heterocycles. The topological polar surface area (TPSA) is 38.7 Å². The summed E-state index contributed by atoms with van der Waals surface area (Å²) >= 11 is 0. The Morgan fingerprint density at radius 3 is 2.00 bits per heavy atom. The minimum atomic E-state index is -1.77. The lowest BCUT2D eigenvalue weighted by Gasteiger charge is -2.36. The van der Waals surface area contributed by atoms with Crippen molar-refractivity contribution in [3.8, 4) is 11.5 Å². The van der Waals surface area contributed by atoms with Gasteiger partial charge in [0.25, 0.3) is 0 Å². The van der Waals surface area contributed by atoms with E-state index in [9.17, 15) is 0 Å². The molecule has 1 aromatic carbocycles. The number of aliphatic hydroxyl groups excluding tert-OH is 1. The molecular weight excluding hydrogens is 244 g/mol. The first-order valence-corrected chi connectivity index (χ1v) is 9.20. The lowest BCUT2D eigenvalue weighted by atomic mass is 10.2. The highest BCUT2D eigenvalue weighted by molar-refractivity contribution is 6.74. The standard InChI is InChI=1S/C14H24O3Si/c1-14(2,3)18(4,5)17-13-8-6-12(7-9-13)16-11-10-15/h6-9,15H,10-11H2,1-5H3. The zero-order valence-electron chi connectivity index (χ0n) is 12.0. The fourth-order valence-electron chi connectivity index (χ4n) is 1.22. The van der Waals surface area contributed by atoms with E-state index in [1.165, 1.54) is 0 Å². The van der Waals surface area contributed by atoms with Crippen LogP contribution in [0.5, 0.6) is 11.5 Å². The van der Waals surface area contributed by atoms with Gasteiger partial charge < -0.3 is 14.3 Å². The minimum absolute atomic E-state index is 0.0300. The summed E-state index contributed by atoms with van der Waals surface area (Å²) in [6, 6.07) is 7.59. The van der Waals surface area contributed by atoms with Crippen molar-refractivity contribution < 1.29 is 14.3 Å². The van der Waals surface area contributed by atoms with Crippen LogP contribution >= 0.6 is 0 Å². The third kappa shape index (κ3) is 4.03. The Balaban J connectivity index is 2.69. The van der Waals surface area contributed by atoms with Crippen molar-refractivity contribution in [1.29, 1.82) is 0 Å². The van der Waals surface area contributed by atoms with Crippen LogP contribution in [0.4, 0.5) is 0 Å². The molecule has 0 spiro atoms. The Morgan fingerprint density at radius 2 is 1.56 bits per heavy atom. The zero-order valence-corrected chi connectivity index (χ0v) is 13.0. The number of rotatable bonds is 5. The summed E-state index contributed by atoms with van der Waals surface area (Å²) in [5.41, 5.74) is 0. The summed E-state index contributed by atoms with van der Waals surface area (Å²) in [6.45, 7) is 11.5. The Hall–Kier alpha value is -1.00. The second-order valence-electron chi connectivity index (χ2n) is 5.91. The first-order chi connectivity index (χ1) is 8.26. The van der Waals surface area contributed by atoms with Gasteiger partial charge in [0.15, 0.2) is 0 Å². The molecule has 18 heavy (non-hydrogen) atoms. The van der Waals surface area contributed by atoms with Crippen LogP contribution in [-0.4, -0.2) is 26.6 Å². The maximum absolute atomic E-state index is 8.68. The lowest BCUT2D eigenvalue weighted by molar-refractivity contribution is 0.201. The molecule has 0 atom stereocenters. The number of hydrogen-bond acceptors (Lipinski definition) is 3. The normalized spacial score (nSPS) is 12.3. The molecule has 0 radical (unpaired) electrons. The second-order valence-corrected chi connectivity index (χ2v) is 10.6. The van der Waals surface area contributed by atoms with E-state index in [1.54, 1.807) is 0 Å². The molecule has 0 unspecified atom stereocenters. The molecule has 4 heteroatoms. The van der Waals surface area contributed by atoms with Crippen LogP contribution in [0.1, 0.15) is 20.8 Å². The van der Waals surface area contributed by atoms with Crippen LogP contribution in [0, 0.1) is 0 Å². The molecule has 1 N–H and O–H groups in total. The maximum atomic E-state index is 8.68. The van der Waals surface area contributed by atoms with Gasteiger partial charge in [-0.05, 0) is 42.4 Å². The average molecular weight is 268 g/mol. The van der Waals surface area contributed by atoms with Gasteiger partial charge in [-0.1, -0.05) is 20.8 Å². The summed E-state index contributed by atoms with van der Waals surface area (Å²) in [5.74, 6) is 1.64. The molecule has 1 aromatic rings. The van der Waals surface area contributed by atoms with Crippen LogP contribution in [-0.2, 0) is 0 Å². The zero-order chi connectivity index (χ0) is 13.8. The molecule has 0 aliphatic rings. The number of aliphatic hydroxyl groups is 1. The Bertz CT molecular complexity index is 366. The van der Waals surface area contributed by atoms with E-state index in [0.29, 0.717) is 6.61 Å². The van der Waals surface area contributed by atoms with Crippen LogP contribution in [0.2, 0.25) is 18.1 Å². The molecule has 0 bridgehead atoms. The van der Waals surface area contributed by atoms with Gasteiger partial charge in [0, 0.05) is 0 Å². The van der Waals surface area contributed by atoms with Crippen LogP contribution in [0.15, 0.2) is 24.3 Å². The van der Waals surface area contributed by atoms with Gasteiger partial charge in [-0.25, -0.2) is 0 Å². The van der Waals surface area contributed by atoms with Gasteiger partial charge in [0.2, 0.25) is 8.32 Å². The average Bonchev–Trinajstić information content (AvgIpc) is 2.26. The van der Waals surface area contributed by atoms with Gasteiger partial charge in [0.05, 0.1) is 6.61 Å². The number of ether oxygens (including phenoxy) is 1. The summed E-state index contributed by atoms with van der Waals surface area (Å²) in [4.78, 5) is 0. The first-order valence-electron chi connectivity index (χ1n) is 6.29. The monoisotopic (exact) mass is 268 g/mol. The smallest absolute Gasteiger partial charge is 0.250 e. The second kappa shape index (κ2) is 5.76. The van der Waals surface area contributed by atoms with Crippen molar-refractivity contribution in [2.75, 3.05) is 13.2 Å². The SMILES string of the molecule is CC(C)(C)[Si](C)(C)Oc1ccc(OCCO)cc1. The highest BCUT2D eigenvalue weighted by Gasteiger charge is 2.38. The van der Waals surface area contributed by atoms with Gasteiger partial charge in [0.1, 0.15) is 18.1 Å². The van der Waals surface area contributed by atoms with E-state index in [4.69, 9.17) is 14.3 Å². The highest BCUT2D eigenvalue weighted by Crippen LogP contribution is 2.37. The highest BCUT2D eigenvalue weighted by atomic mass is 28.4. The molecule has 1 rings (SSSR count). The molecule has 102 valence electrons. The van der Waals surface area contributed by atoms with Crippen LogP contribution < -0.4 is 9.16 Å². The van der Waals surface area contributed by atoms with Crippen LogP contribution in [0.25, 0.3) is 0 Å². The van der Waals surface area contributed by atoms with E-state index in [-0.39, 0.29) is 11.6 Å². The van der Waals surface area contributed by atoms with Gasteiger partial charge in [-0.15, -0.1) is 0 Å². The van der Waals surface area contributed by atoms with Crippen molar-refractivity contribution >= 4 is 8.32 Å². The molecule has 0 amide bonds. The molecule has 0 aliphatic carbocycles. The van der Waals surface area contributed by atoms with Crippen molar-refractivity contribution in [2.45, 2.75) is 38.9 Å². The van der Waals surface area contributed by atoms with Gasteiger partial charge in [-0.2, -0.15) is 0 Å². The summed E-state index contributed by atoms with van der Waals surface area (Å²) in [7, 11) is -1.77. The number of benzene rings is 1. The molecule has 0 saturated carbocycles. The van der Waals surface area contributed by atoms with E-state index >= 15 is 0 Å². The fraction of sp³-hybridized carbons (Fsp3) is 0.571. The van der Waals surface area contributed by atoms with E-state index in [1.807, 2.05) is 24.3 Å². The summed E-state index contributed by atoms with van der Waals surface area (Å²) in [6.07, 6.45) is 0. The third-order valence-corrected chi connectivity index (χ3v) is 7.72. The van der Waals surface area contributed by atoms with Crippen LogP contribution in [0.3, 0.4) is 0 Å². The van der Waals surface area contributed by atoms with Gasteiger partial charge in [-0.3, -0.25) is 0 Å². The molecular formula is C14H24O3Si. The van der Waals surface area contributed by atoms with Crippen molar-refractivity contribution in [3.63, 3.8) is 0 Å². The molecule has 0 saturated heterocycles. The largest absolute Gasteiger partial charge is 0.543 e. The molecule has 0 fully saturated rings. The quantitative estimate of drug-likeness (QED) is 0.831. The third-order valence-electron chi connectivity index (χ3n) is 3.36. The van der Waals surface area contributed by atoms with Gasteiger partial charge >= 0.3 is 0 Å². The lowest BCUT2D eigenvalue weighted by Crippen LogP contribution is -2.43. The molecule has 3 nitrogen and oxygen atoms in total. The van der Waals surface area contributed by atoms with Crippen molar-refractivity contribution in [1.82, 2.24) is 0 Å². The maximum Gasteiger partial charge on any atom is 0.250 e. The Labute approximate surface area is 111 Å². The number of hydrogen-bond donors (Lipinski definition) is 1. The Morgan fingerprint density at radius 1 is 1.06 bits per heavy atom. The predicted octanol–water partition coefficient (Wildman–Crippen LogP) is 3.44. The summed E-state index contributed by atoms with van der Waals surface area (Å²) in [5, 5.41) is 8.87. The molecule has 0 aliphatic heterocycles. The minimum Gasteiger partial charge on any atom is -0.543 e. The van der Waals surface area contributed by atoms with E-state index in [0.717, 1.165) is 11.5 Å². The molecule has 0 heterocycles. The predicted molar refractivity (Wildman–Crippen MR) is 76.8 cm³/mol. The van der Waals surface area contributed by atoms with E-state index < -0.39 is 8.32 Å². The Kier molecular flexibility index (Phi) is 4.82. The first kappa shape index (κ1) is 15.1. The van der Waals surface area contributed by atoms with Crippen molar-refractivity contribution in [3.05, 3.63) is 24.3 Å².